The maximum atomic E-state index is 13.3. The fourth-order valence-electron chi connectivity index (χ4n) is 3.97. The van der Waals surface area contributed by atoms with Gasteiger partial charge in [-0.05, 0) is 60.7 Å². The monoisotopic (exact) mass is 398 g/mol. The number of nitrogens with zero attached hydrogens (tertiary/aromatic N) is 2. The minimum atomic E-state index is -0.361. The number of ketones is 1. The van der Waals surface area contributed by atoms with Gasteiger partial charge in [0, 0.05) is 31.7 Å². The Hall–Kier alpha value is -2.60. The second kappa shape index (κ2) is 8.41. The average molecular weight is 398 g/mol. The molecule has 0 spiro atoms. The van der Waals surface area contributed by atoms with Crippen LogP contribution in [0.5, 0.6) is 0 Å². The van der Waals surface area contributed by atoms with E-state index in [2.05, 4.69) is 0 Å². The summed E-state index contributed by atoms with van der Waals surface area (Å²) in [6.07, 6.45) is 2.06. The summed E-state index contributed by atoms with van der Waals surface area (Å²) in [5, 5.41) is 0. The molecule has 1 atom stereocenters. The third kappa shape index (κ3) is 4.70. The summed E-state index contributed by atoms with van der Waals surface area (Å²) < 4.78 is 26.3. The van der Waals surface area contributed by atoms with Crippen LogP contribution in [0.25, 0.3) is 0 Å². The first kappa shape index (κ1) is 19.7. The van der Waals surface area contributed by atoms with Crippen LogP contribution in [-0.2, 0) is 4.79 Å². The highest BCUT2D eigenvalue weighted by Gasteiger charge is 2.40. The number of benzene rings is 2. The van der Waals surface area contributed by atoms with Gasteiger partial charge in [0.05, 0.1) is 12.5 Å². The second-order valence-corrected chi connectivity index (χ2v) is 7.90. The van der Waals surface area contributed by atoms with Gasteiger partial charge in [0.1, 0.15) is 11.6 Å². The van der Waals surface area contributed by atoms with Crippen LogP contribution in [0.3, 0.4) is 0 Å². The van der Waals surface area contributed by atoms with E-state index in [4.69, 9.17) is 0 Å². The zero-order chi connectivity index (χ0) is 20.4. The molecule has 1 amide bonds. The summed E-state index contributed by atoms with van der Waals surface area (Å²) in [5.41, 5.74) is 1.38. The van der Waals surface area contributed by atoms with Gasteiger partial charge in [-0.1, -0.05) is 12.1 Å². The molecule has 1 heterocycles. The lowest BCUT2D eigenvalue weighted by Gasteiger charge is -2.36. The first-order valence-electron chi connectivity index (χ1n) is 10.1. The predicted molar refractivity (Wildman–Crippen MR) is 106 cm³/mol. The molecule has 1 aliphatic heterocycles. The molecule has 2 fully saturated rings. The largest absolute Gasteiger partial charge is 0.340 e. The molecule has 6 heteroatoms. The summed E-state index contributed by atoms with van der Waals surface area (Å²) >= 11 is 0. The Morgan fingerprint density at radius 3 is 1.97 bits per heavy atom. The molecule has 152 valence electrons. The minimum Gasteiger partial charge on any atom is -0.340 e. The Labute approximate surface area is 169 Å². The van der Waals surface area contributed by atoms with Crippen molar-refractivity contribution in [3.63, 3.8) is 0 Å². The van der Waals surface area contributed by atoms with Crippen LogP contribution >= 0.6 is 0 Å². The molecule has 2 aliphatic rings. The third-order valence-electron chi connectivity index (χ3n) is 5.81. The van der Waals surface area contributed by atoms with Crippen molar-refractivity contribution in [1.82, 2.24) is 9.80 Å². The van der Waals surface area contributed by atoms with Crippen LogP contribution in [0.15, 0.2) is 48.5 Å². The van der Waals surface area contributed by atoms with Gasteiger partial charge >= 0.3 is 0 Å². The molecular formula is C23H24F2N2O2. The van der Waals surface area contributed by atoms with E-state index in [0.29, 0.717) is 37.7 Å². The first-order valence-corrected chi connectivity index (χ1v) is 10.1. The Morgan fingerprint density at radius 2 is 1.41 bits per heavy atom. The molecule has 2 aromatic carbocycles. The van der Waals surface area contributed by atoms with Gasteiger partial charge < -0.3 is 4.90 Å². The van der Waals surface area contributed by atoms with E-state index in [9.17, 15) is 18.4 Å². The highest BCUT2D eigenvalue weighted by atomic mass is 19.1. The van der Waals surface area contributed by atoms with Gasteiger partial charge in [-0.2, -0.15) is 0 Å². The summed E-state index contributed by atoms with van der Waals surface area (Å²) in [6.45, 7) is 2.65. The molecule has 1 unspecified atom stereocenters. The van der Waals surface area contributed by atoms with Gasteiger partial charge in [0.25, 0.3) is 0 Å². The van der Waals surface area contributed by atoms with Gasteiger partial charge in [0.2, 0.25) is 5.91 Å². The smallest absolute Gasteiger partial charge is 0.230 e. The molecule has 0 radical (unpaired) electrons. The second-order valence-electron chi connectivity index (χ2n) is 7.90. The Bertz CT molecular complexity index is 871. The van der Waals surface area contributed by atoms with Crippen molar-refractivity contribution < 1.29 is 18.4 Å². The number of hydrogen-bond acceptors (Lipinski definition) is 3. The predicted octanol–water partition coefficient (Wildman–Crippen LogP) is 3.49. The van der Waals surface area contributed by atoms with Crippen molar-refractivity contribution in [2.24, 2.45) is 5.92 Å². The SMILES string of the molecule is O=C(CN1CCN(C(=O)C(c2ccc(F)cc2)C2CC2)CC1)c1ccc(F)cc1. The first-order chi connectivity index (χ1) is 14.0. The number of Topliss-reactive ketones (excluding diaryl/α,β-unsaturated/α-hetero) is 1. The maximum absolute atomic E-state index is 13.3. The lowest BCUT2D eigenvalue weighted by atomic mass is 9.92. The molecule has 0 bridgehead atoms. The molecule has 1 saturated heterocycles. The molecule has 1 saturated carbocycles. The number of hydrogen-bond donors (Lipinski definition) is 0. The number of amides is 1. The quantitative estimate of drug-likeness (QED) is 0.700. The normalized spacial score (nSPS) is 18.5. The molecule has 4 rings (SSSR count). The lowest BCUT2D eigenvalue weighted by molar-refractivity contribution is -0.135. The summed E-state index contributed by atoms with van der Waals surface area (Å²) in [4.78, 5) is 29.4. The van der Waals surface area contributed by atoms with Crippen molar-refractivity contribution in [2.75, 3.05) is 32.7 Å². The minimum absolute atomic E-state index is 0.0491. The maximum Gasteiger partial charge on any atom is 0.230 e. The summed E-state index contributed by atoms with van der Waals surface area (Å²) in [6, 6.07) is 11.8. The van der Waals surface area contributed by atoms with Crippen LogP contribution < -0.4 is 0 Å². The highest BCUT2D eigenvalue weighted by molar-refractivity contribution is 5.97. The average Bonchev–Trinajstić information content (AvgIpc) is 3.55. The van der Waals surface area contributed by atoms with Gasteiger partial charge in [-0.15, -0.1) is 0 Å². The Kier molecular flexibility index (Phi) is 5.72. The molecule has 4 nitrogen and oxygen atoms in total. The van der Waals surface area contributed by atoms with E-state index in [1.807, 2.05) is 9.80 Å². The molecule has 0 aromatic heterocycles. The van der Waals surface area contributed by atoms with Crippen molar-refractivity contribution in [1.29, 1.82) is 0 Å². The van der Waals surface area contributed by atoms with E-state index in [1.165, 1.54) is 36.4 Å². The van der Waals surface area contributed by atoms with Gasteiger partial charge in [0.15, 0.2) is 5.78 Å². The van der Waals surface area contributed by atoms with E-state index in [0.717, 1.165) is 18.4 Å². The van der Waals surface area contributed by atoms with E-state index in [-0.39, 0.29) is 35.8 Å². The van der Waals surface area contributed by atoms with Crippen LogP contribution in [0.4, 0.5) is 8.78 Å². The van der Waals surface area contributed by atoms with Gasteiger partial charge in [-0.25, -0.2) is 8.78 Å². The lowest BCUT2D eigenvalue weighted by Crippen LogP contribution is -2.51. The van der Waals surface area contributed by atoms with Gasteiger partial charge in [-0.3, -0.25) is 14.5 Å². The van der Waals surface area contributed by atoms with Crippen LogP contribution in [0.1, 0.15) is 34.7 Å². The Morgan fingerprint density at radius 1 is 0.862 bits per heavy atom. The number of rotatable bonds is 6. The summed E-state index contributed by atoms with van der Waals surface area (Å²) in [7, 11) is 0. The van der Waals surface area contributed by atoms with E-state index in [1.54, 1.807) is 12.1 Å². The topological polar surface area (TPSA) is 40.6 Å². The number of carbonyl (C=O) groups excluding carboxylic acids is 2. The van der Waals surface area contributed by atoms with Crippen molar-refractivity contribution in [3.8, 4) is 0 Å². The standard InChI is InChI=1S/C23H24F2N2O2/c24-19-7-3-16(4-8-19)21(28)15-26-11-13-27(14-12-26)23(29)22(17-1-2-17)18-5-9-20(25)10-6-18/h3-10,17,22H,1-2,11-15H2. The number of piperazine rings is 1. The zero-order valence-corrected chi connectivity index (χ0v) is 16.2. The van der Waals surface area contributed by atoms with Crippen molar-refractivity contribution in [2.45, 2.75) is 18.8 Å². The molecule has 1 aliphatic carbocycles. The van der Waals surface area contributed by atoms with Crippen molar-refractivity contribution >= 4 is 11.7 Å². The molecule has 29 heavy (non-hydrogen) atoms. The molecular weight excluding hydrogens is 374 g/mol. The highest BCUT2D eigenvalue weighted by Crippen LogP contribution is 2.43. The van der Waals surface area contributed by atoms with Crippen molar-refractivity contribution in [3.05, 3.63) is 71.3 Å². The molecule has 0 N–H and O–H groups in total. The van der Waals surface area contributed by atoms with Crippen LogP contribution in [0.2, 0.25) is 0 Å². The van der Waals surface area contributed by atoms with Crippen LogP contribution in [0, 0.1) is 17.6 Å². The fourth-order valence-corrected chi connectivity index (χ4v) is 3.97. The zero-order valence-electron chi connectivity index (χ0n) is 16.2. The number of halogens is 2. The van der Waals surface area contributed by atoms with E-state index < -0.39 is 0 Å². The Balaban J connectivity index is 1.34. The third-order valence-corrected chi connectivity index (χ3v) is 5.81. The fraction of sp³-hybridized carbons (Fsp3) is 0.391. The molecule has 2 aromatic rings. The number of carbonyl (C=O) groups is 2. The van der Waals surface area contributed by atoms with E-state index >= 15 is 0 Å². The van der Waals surface area contributed by atoms with Crippen LogP contribution in [-0.4, -0.2) is 54.2 Å². The summed E-state index contributed by atoms with van der Waals surface area (Å²) in [5.74, 6) is -0.472.